The highest BCUT2D eigenvalue weighted by Gasteiger charge is 2.19. The molecule has 0 aromatic heterocycles. The van der Waals surface area contributed by atoms with Crippen LogP contribution in [0.5, 0.6) is 0 Å². The van der Waals surface area contributed by atoms with Crippen molar-refractivity contribution < 1.29 is 12.8 Å². The van der Waals surface area contributed by atoms with E-state index in [0.717, 1.165) is 39.1 Å². The van der Waals surface area contributed by atoms with Crippen molar-refractivity contribution >= 4 is 15.7 Å². The molecule has 1 fully saturated rings. The van der Waals surface area contributed by atoms with Crippen LogP contribution in [0.4, 0.5) is 10.1 Å². The van der Waals surface area contributed by atoms with Crippen LogP contribution in [0.1, 0.15) is 6.42 Å². The Morgan fingerprint density at radius 1 is 0.923 bits per heavy atom. The minimum Gasteiger partial charge on any atom is -0.367 e. The molecule has 3 rings (SSSR count). The van der Waals surface area contributed by atoms with Crippen molar-refractivity contribution in [3.8, 4) is 0 Å². The molecule has 0 saturated carbocycles. The number of anilines is 1. The summed E-state index contributed by atoms with van der Waals surface area (Å²) in [5, 5.41) is 0. The monoisotopic (exact) mass is 377 g/mol. The van der Waals surface area contributed by atoms with E-state index in [1.54, 1.807) is 36.4 Å². The Morgan fingerprint density at radius 2 is 1.58 bits per heavy atom. The lowest BCUT2D eigenvalue weighted by Gasteiger charge is -2.36. The second-order valence-corrected chi connectivity index (χ2v) is 8.11. The summed E-state index contributed by atoms with van der Waals surface area (Å²) in [5.41, 5.74) is 0.655. The van der Waals surface area contributed by atoms with Gasteiger partial charge in [-0.1, -0.05) is 30.3 Å². The van der Waals surface area contributed by atoms with Crippen molar-refractivity contribution in [1.29, 1.82) is 0 Å². The van der Waals surface area contributed by atoms with Crippen molar-refractivity contribution in [2.24, 2.45) is 0 Å². The summed E-state index contributed by atoms with van der Waals surface area (Å²) >= 11 is 0. The minimum absolute atomic E-state index is 0.184. The van der Waals surface area contributed by atoms with Crippen LogP contribution in [-0.4, -0.2) is 52.6 Å². The number of rotatable bonds is 7. The van der Waals surface area contributed by atoms with Gasteiger partial charge in [0.2, 0.25) is 10.0 Å². The molecule has 0 amide bonds. The average molecular weight is 377 g/mol. The Kier molecular flexibility index (Phi) is 6.24. The second kappa shape index (κ2) is 8.62. The van der Waals surface area contributed by atoms with Gasteiger partial charge in [-0.05, 0) is 37.2 Å². The van der Waals surface area contributed by atoms with Crippen LogP contribution in [0, 0.1) is 5.82 Å². The van der Waals surface area contributed by atoms with Crippen molar-refractivity contribution in [3.63, 3.8) is 0 Å². The summed E-state index contributed by atoms with van der Waals surface area (Å²) in [4.78, 5) is 4.64. The molecule has 2 aromatic rings. The average Bonchev–Trinajstić information content (AvgIpc) is 2.67. The predicted molar refractivity (Wildman–Crippen MR) is 101 cm³/mol. The summed E-state index contributed by atoms with van der Waals surface area (Å²) in [5.74, 6) is -0.184. The lowest BCUT2D eigenvalue weighted by atomic mass is 10.2. The SMILES string of the molecule is O=S(=O)(NCCCN1CCN(c2ccccc2F)CC1)c1ccccc1. The third-order valence-corrected chi connectivity index (χ3v) is 6.04. The largest absolute Gasteiger partial charge is 0.367 e. The van der Waals surface area contributed by atoms with Gasteiger partial charge < -0.3 is 4.90 Å². The first-order chi connectivity index (χ1) is 12.6. The predicted octanol–water partition coefficient (Wildman–Crippen LogP) is 2.32. The van der Waals surface area contributed by atoms with E-state index < -0.39 is 10.0 Å². The molecule has 140 valence electrons. The molecule has 0 spiro atoms. The summed E-state index contributed by atoms with van der Waals surface area (Å²) < 4.78 is 40.8. The zero-order valence-electron chi connectivity index (χ0n) is 14.6. The topological polar surface area (TPSA) is 52.7 Å². The van der Waals surface area contributed by atoms with Gasteiger partial charge in [-0.2, -0.15) is 0 Å². The molecule has 0 atom stereocenters. The van der Waals surface area contributed by atoms with E-state index >= 15 is 0 Å². The van der Waals surface area contributed by atoms with Gasteiger partial charge in [-0.15, -0.1) is 0 Å². The first-order valence-electron chi connectivity index (χ1n) is 8.83. The molecule has 0 aliphatic carbocycles. The number of nitrogens with one attached hydrogen (secondary N) is 1. The normalized spacial score (nSPS) is 16.0. The molecule has 0 bridgehead atoms. The van der Waals surface area contributed by atoms with E-state index in [1.807, 2.05) is 12.1 Å². The molecular weight excluding hydrogens is 353 g/mol. The van der Waals surface area contributed by atoms with Gasteiger partial charge >= 0.3 is 0 Å². The Bertz CT molecular complexity index is 807. The van der Waals surface area contributed by atoms with Crippen LogP contribution in [0.2, 0.25) is 0 Å². The Hall–Kier alpha value is -1.96. The molecule has 1 aliphatic rings. The number of para-hydroxylation sites is 1. The summed E-state index contributed by atoms with van der Waals surface area (Å²) in [6, 6.07) is 15.2. The van der Waals surface area contributed by atoms with Gasteiger partial charge in [0.15, 0.2) is 0 Å². The summed E-state index contributed by atoms with van der Waals surface area (Å²) in [7, 11) is -3.43. The molecule has 7 heteroatoms. The van der Waals surface area contributed by atoms with Crippen LogP contribution in [0.15, 0.2) is 59.5 Å². The Balaban J connectivity index is 1.40. The van der Waals surface area contributed by atoms with Gasteiger partial charge in [0.05, 0.1) is 10.6 Å². The first-order valence-corrected chi connectivity index (χ1v) is 10.3. The molecule has 0 radical (unpaired) electrons. The number of halogens is 1. The van der Waals surface area contributed by atoms with Gasteiger partial charge in [0, 0.05) is 32.7 Å². The van der Waals surface area contributed by atoms with E-state index in [4.69, 9.17) is 0 Å². The molecule has 26 heavy (non-hydrogen) atoms. The van der Waals surface area contributed by atoms with E-state index in [1.165, 1.54) is 6.07 Å². The van der Waals surface area contributed by atoms with Crippen molar-refractivity contribution in [3.05, 3.63) is 60.4 Å². The molecule has 2 aromatic carbocycles. The summed E-state index contributed by atoms with van der Waals surface area (Å²) in [6.45, 7) is 4.47. The fraction of sp³-hybridized carbons (Fsp3) is 0.368. The molecule has 1 heterocycles. The van der Waals surface area contributed by atoms with Gasteiger partial charge in [0.25, 0.3) is 0 Å². The first kappa shape index (κ1) is 18.8. The lowest BCUT2D eigenvalue weighted by Crippen LogP contribution is -2.47. The molecule has 5 nitrogen and oxygen atoms in total. The zero-order chi connectivity index (χ0) is 18.4. The van der Waals surface area contributed by atoms with Crippen LogP contribution >= 0.6 is 0 Å². The molecule has 1 N–H and O–H groups in total. The quantitative estimate of drug-likeness (QED) is 0.753. The fourth-order valence-electron chi connectivity index (χ4n) is 3.11. The number of sulfonamides is 1. The number of hydrogen-bond donors (Lipinski definition) is 1. The number of benzene rings is 2. The van der Waals surface area contributed by atoms with E-state index in [0.29, 0.717) is 17.1 Å². The number of hydrogen-bond acceptors (Lipinski definition) is 4. The van der Waals surface area contributed by atoms with Crippen LogP contribution < -0.4 is 9.62 Å². The zero-order valence-corrected chi connectivity index (χ0v) is 15.5. The maximum absolute atomic E-state index is 13.9. The molecule has 1 aliphatic heterocycles. The number of piperazine rings is 1. The highest BCUT2D eigenvalue weighted by Crippen LogP contribution is 2.20. The van der Waals surface area contributed by atoms with Crippen molar-refractivity contribution in [1.82, 2.24) is 9.62 Å². The minimum atomic E-state index is -3.43. The highest BCUT2D eigenvalue weighted by atomic mass is 32.2. The van der Waals surface area contributed by atoms with Crippen molar-refractivity contribution in [2.45, 2.75) is 11.3 Å². The molecular formula is C19H24FN3O2S. The highest BCUT2D eigenvalue weighted by molar-refractivity contribution is 7.89. The van der Waals surface area contributed by atoms with E-state index in [2.05, 4.69) is 14.5 Å². The maximum atomic E-state index is 13.9. The summed E-state index contributed by atoms with van der Waals surface area (Å²) in [6.07, 6.45) is 0.742. The van der Waals surface area contributed by atoms with Gasteiger partial charge in [0.1, 0.15) is 5.82 Å². The van der Waals surface area contributed by atoms with Gasteiger partial charge in [-0.25, -0.2) is 17.5 Å². The van der Waals surface area contributed by atoms with E-state index in [9.17, 15) is 12.8 Å². The third-order valence-electron chi connectivity index (χ3n) is 4.56. The third kappa shape index (κ3) is 4.81. The maximum Gasteiger partial charge on any atom is 0.240 e. The van der Waals surface area contributed by atoms with E-state index in [-0.39, 0.29) is 5.82 Å². The second-order valence-electron chi connectivity index (χ2n) is 6.34. The molecule has 1 saturated heterocycles. The van der Waals surface area contributed by atoms with Crippen LogP contribution in [0.3, 0.4) is 0 Å². The van der Waals surface area contributed by atoms with Gasteiger partial charge in [-0.3, -0.25) is 4.90 Å². The van der Waals surface area contributed by atoms with Crippen LogP contribution in [-0.2, 0) is 10.0 Å². The Labute approximate surface area is 154 Å². The molecule has 0 unspecified atom stereocenters. The number of nitrogens with zero attached hydrogens (tertiary/aromatic N) is 2. The smallest absolute Gasteiger partial charge is 0.240 e. The fourth-order valence-corrected chi connectivity index (χ4v) is 4.21. The van der Waals surface area contributed by atoms with Crippen molar-refractivity contribution in [2.75, 3.05) is 44.2 Å². The van der Waals surface area contributed by atoms with Crippen LogP contribution in [0.25, 0.3) is 0 Å². The Morgan fingerprint density at radius 3 is 2.27 bits per heavy atom. The lowest BCUT2D eigenvalue weighted by molar-refractivity contribution is 0.255. The standard InChI is InChI=1S/C19H24FN3O2S/c20-18-9-4-5-10-19(18)23-15-13-22(14-16-23)12-6-11-21-26(24,25)17-7-2-1-3-8-17/h1-5,7-10,21H,6,11-16H2.